The van der Waals surface area contributed by atoms with Crippen LogP contribution < -0.4 is 0 Å². The SMILES string of the molecule is CC(=O)OC(CCCCCCC(=O)O)CC(=O)O. The molecule has 0 aliphatic carbocycles. The van der Waals surface area contributed by atoms with Crippen molar-refractivity contribution < 1.29 is 29.3 Å². The van der Waals surface area contributed by atoms with E-state index < -0.39 is 24.0 Å². The summed E-state index contributed by atoms with van der Waals surface area (Å²) in [6.07, 6.45) is 2.82. The van der Waals surface area contributed by atoms with Crippen LogP contribution in [0.2, 0.25) is 0 Å². The molecule has 6 nitrogen and oxygen atoms in total. The smallest absolute Gasteiger partial charge is 0.307 e. The van der Waals surface area contributed by atoms with Crippen LogP contribution in [0.1, 0.15) is 51.9 Å². The largest absolute Gasteiger partial charge is 0.481 e. The summed E-state index contributed by atoms with van der Waals surface area (Å²) in [5.74, 6) is -2.28. The highest BCUT2D eigenvalue weighted by molar-refractivity contribution is 5.69. The molecule has 0 fully saturated rings. The second-order valence-corrected chi connectivity index (χ2v) is 4.18. The number of carbonyl (C=O) groups is 3. The van der Waals surface area contributed by atoms with E-state index in [1.165, 1.54) is 6.92 Å². The van der Waals surface area contributed by atoms with Crippen LogP contribution in [-0.2, 0) is 19.1 Å². The molecule has 0 heterocycles. The van der Waals surface area contributed by atoms with Gasteiger partial charge in [-0.1, -0.05) is 12.8 Å². The first kappa shape index (κ1) is 16.4. The van der Waals surface area contributed by atoms with Gasteiger partial charge in [0.1, 0.15) is 6.10 Å². The van der Waals surface area contributed by atoms with Gasteiger partial charge in [0.25, 0.3) is 0 Å². The molecule has 1 atom stereocenters. The van der Waals surface area contributed by atoms with Crippen molar-refractivity contribution in [2.75, 3.05) is 0 Å². The summed E-state index contributed by atoms with van der Waals surface area (Å²) in [6, 6.07) is 0. The van der Waals surface area contributed by atoms with Crippen LogP contribution in [0.15, 0.2) is 0 Å². The van der Waals surface area contributed by atoms with E-state index in [4.69, 9.17) is 14.9 Å². The molecule has 0 saturated carbocycles. The zero-order chi connectivity index (χ0) is 14.0. The Morgan fingerprint density at radius 2 is 1.61 bits per heavy atom. The maximum absolute atomic E-state index is 10.8. The van der Waals surface area contributed by atoms with Crippen molar-refractivity contribution in [3.8, 4) is 0 Å². The summed E-state index contributed by atoms with van der Waals surface area (Å²) < 4.78 is 4.89. The zero-order valence-electron chi connectivity index (χ0n) is 10.6. The highest BCUT2D eigenvalue weighted by Gasteiger charge is 2.15. The number of unbranched alkanes of at least 4 members (excludes halogenated alkanes) is 3. The van der Waals surface area contributed by atoms with Gasteiger partial charge in [0, 0.05) is 13.3 Å². The molecule has 0 rings (SSSR count). The third-order valence-corrected chi connectivity index (χ3v) is 2.40. The minimum Gasteiger partial charge on any atom is -0.481 e. The second-order valence-electron chi connectivity index (χ2n) is 4.18. The summed E-state index contributed by atoms with van der Waals surface area (Å²) >= 11 is 0. The minimum atomic E-state index is -0.993. The van der Waals surface area contributed by atoms with Gasteiger partial charge < -0.3 is 14.9 Å². The molecule has 18 heavy (non-hydrogen) atoms. The number of hydrogen-bond acceptors (Lipinski definition) is 4. The van der Waals surface area contributed by atoms with Gasteiger partial charge >= 0.3 is 17.9 Å². The van der Waals surface area contributed by atoms with Crippen molar-refractivity contribution in [1.29, 1.82) is 0 Å². The van der Waals surface area contributed by atoms with Crippen molar-refractivity contribution >= 4 is 17.9 Å². The van der Waals surface area contributed by atoms with Crippen LogP contribution >= 0.6 is 0 Å². The van der Waals surface area contributed by atoms with Crippen molar-refractivity contribution in [3.05, 3.63) is 0 Å². The van der Waals surface area contributed by atoms with E-state index in [1.807, 2.05) is 0 Å². The van der Waals surface area contributed by atoms with Gasteiger partial charge in [0.15, 0.2) is 0 Å². The highest BCUT2D eigenvalue weighted by atomic mass is 16.5. The topological polar surface area (TPSA) is 101 Å². The molecule has 0 bridgehead atoms. The predicted molar refractivity (Wildman–Crippen MR) is 63.1 cm³/mol. The fourth-order valence-corrected chi connectivity index (χ4v) is 1.63. The Labute approximate surface area is 106 Å². The standard InChI is InChI=1S/C12H20O6/c1-9(13)18-10(8-12(16)17)6-4-2-3-5-7-11(14)15/h10H,2-8H2,1H3,(H,14,15)(H,16,17). The Balaban J connectivity index is 3.72. The molecule has 0 aliphatic heterocycles. The summed E-state index contributed by atoms with van der Waals surface area (Å²) in [5, 5.41) is 17.1. The average Bonchev–Trinajstić information content (AvgIpc) is 2.20. The minimum absolute atomic E-state index is 0.155. The predicted octanol–water partition coefficient (Wildman–Crippen LogP) is 1.82. The number of esters is 1. The van der Waals surface area contributed by atoms with Crippen LogP contribution in [0.3, 0.4) is 0 Å². The zero-order valence-corrected chi connectivity index (χ0v) is 10.6. The number of rotatable bonds is 10. The lowest BCUT2D eigenvalue weighted by atomic mass is 10.1. The lowest BCUT2D eigenvalue weighted by Gasteiger charge is -2.14. The summed E-state index contributed by atoms with van der Waals surface area (Å²) in [7, 11) is 0. The monoisotopic (exact) mass is 260 g/mol. The number of hydrogen-bond donors (Lipinski definition) is 2. The van der Waals surface area contributed by atoms with Crippen LogP contribution in [0.4, 0.5) is 0 Å². The van der Waals surface area contributed by atoms with Crippen LogP contribution in [0.5, 0.6) is 0 Å². The van der Waals surface area contributed by atoms with Crippen LogP contribution in [0.25, 0.3) is 0 Å². The molecule has 1 unspecified atom stereocenters. The number of ether oxygens (including phenoxy) is 1. The number of aliphatic carboxylic acids is 2. The molecule has 0 amide bonds. The Morgan fingerprint density at radius 3 is 2.11 bits per heavy atom. The molecule has 0 radical (unpaired) electrons. The Kier molecular flexibility index (Phi) is 8.61. The average molecular weight is 260 g/mol. The Hall–Kier alpha value is -1.59. The molecule has 6 heteroatoms. The summed E-state index contributed by atoms with van der Waals surface area (Å²) in [6.45, 7) is 1.25. The van der Waals surface area contributed by atoms with E-state index >= 15 is 0 Å². The van der Waals surface area contributed by atoms with Gasteiger partial charge in [0.2, 0.25) is 0 Å². The summed E-state index contributed by atoms with van der Waals surface area (Å²) in [5.41, 5.74) is 0. The Morgan fingerprint density at radius 1 is 1.00 bits per heavy atom. The van der Waals surface area contributed by atoms with Crippen molar-refractivity contribution in [2.24, 2.45) is 0 Å². The number of carboxylic acid groups (broad SMARTS) is 2. The highest BCUT2D eigenvalue weighted by Crippen LogP contribution is 2.12. The molecule has 0 aromatic heterocycles. The van der Waals surface area contributed by atoms with Gasteiger partial charge in [-0.15, -0.1) is 0 Å². The number of carboxylic acids is 2. The lowest BCUT2D eigenvalue weighted by molar-refractivity contribution is -0.151. The van der Waals surface area contributed by atoms with Gasteiger partial charge in [-0.05, 0) is 19.3 Å². The first-order valence-corrected chi connectivity index (χ1v) is 6.02. The van der Waals surface area contributed by atoms with Crippen LogP contribution in [0, 0.1) is 0 Å². The van der Waals surface area contributed by atoms with E-state index in [0.717, 1.165) is 19.3 Å². The van der Waals surface area contributed by atoms with E-state index in [0.29, 0.717) is 12.8 Å². The van der Waals surface area contributed by atoms with Crippen molar-refractivity contribution in [3.63, 3.8) is 0 Å². The van der Waals surface area contributed by atoms with Gasteiger partial charge in [-0.3, -0.25) is 14.4 Å². The fourth-order valence-electron chi connectivity index (χ4n) is 1.63. The third-order valence-electron chi connectivity index (χ3n) is 2.40. The Bertz CT molecular complexity index is 270. The van der Waals surface area contributed by atoms with E-state index in [2.05, 4.69) is 0 Å². The lowest BCUT2D eigenvalue weighted by Crippen LogP contribution is -2.20. The van der Waals surface area contributed by atoms with Crippen molar-refractivity contribution in [2.45, 2.75) is 58.0 Å². The third kappa shape index (κ3) is 10.9. The normalized spacial score (nSPS) is 11.8. The molecule has 104 valence electrons. The molecule has 0 saturated heterocycles. The maximum atomic E-state index is 10.8. The second kappa shape index (κ2) is 9.44. The first-order chi connectivity index (χ1) is 8.41. The fraction of sp³-hybridized carbons (Fsp3) is 0.750. The molecular formula is C12H20O6. The molecule has 0 aromatic rings. The molecule has 2 N–H and O–H groups in total. The maximum Gasteiger partial charge on any atom is 0.307 e. The molecular weight excluding hydrogens is 240 g/mol. The number of carbonyl (C=O) groups excluding carboxylic acids is 1. The first-order valence-electron chi connectivity index (χ1n) is 6.02. The van der Waals surface area contributed by atoms with E-state index in [1.54, 1.807) is 0 Å². The quantitative estimate of drug-likeness (QED) is 0.459. The van der Waals surface area contributed by atoms with Crippen LogP contribution in [-0.4, -0.2) is 34.2 Å². The van der Waals surface area contributed by atoms with Crippen molar-refractivity contribution in [1.82, 2.24) is 0 Å². The molecule has 0 aromatic carbocycles. The van der Waals surface area contributed by atoms with E-state index in [-0.39, 0.29) is 12.8 Å². The summed E-state index contributed by atoms with van der Waals surface area (Å²) in [4.78, 5) is 31.6. The van der Waals surface area contributed by atoms with Gasteiger partial charge in [-0.2, -0.15) is 0 Å². The van der Waals surface area contributed by atoms with E-state index in [9.17, 15) is 14.4 Å². The molecule has 0 spiro atoms. The molecule has 0 aliphatic rings. The van der Waals surface area contributed by atoms with Gasteiger partial charge in [-0.25, -0.2) is 0 Å². The van der Waals surface area contributed by atoms with Gasteiger partial charge in [0.05, 0.1) is 6.42 Å².